The third kappa shape index (κ3) is 3.07. The number of rotatable bonds is 6. The van der Waals surface area contributed by atoms with Gasteiger partial charge in [0.05, 0.1) is 13.2 Å². The van der Waals surface area contributed by atoms with Crippen LogP contribution in [0.5, 0.6) is 0 Å². The van der Waals surface area contributed by atoms with Crippen molar-refractivity contribution in [3.63, 3.8) is 0 Å². The van der Waals surface area contributed by atoms with E-state index in [4.69, 9.17) is 14.0 Å². The van der Waals surface area contributed by atoms with Crippen molar-refractivity contribution in [2.45, 2.75) is 78.4 Å². The summed E-state index contributed by atoms with van der Waals surface area (Å²) in [4.78, 5) is 5.01. The average Bonchev–Trinajstić information content (AvgIpc) is 2.72. The van der Waals surface area contributed by atoms with Gasteiger partial charge in [0.25, 0.3) is 0 Å². The molecule has 1 aliphatic carbocycles. The fraction of sp³-hybridized carbons (Fsp3) is 0.941. The fourth-order valence-electron chi connectivity index (χ4n) is 3.82. The van der Waals surface area contributed by atoms with Crippen LogP contribution in [-0.4, -0.2) is 24.2 Å². The smallest absolute Gasteiger partial charge is 0.307 e. The molecule has 1 unspecified atom stereocenters. The Kier molecular flexibility index (Phi) is 5.57. The minimum absolute atomic E-state index is 0.209. The van der Waals surface area contributed by atoms with Gasteiger partial charge in [0.15, 0.2) is 5.28 Å². The van der Waals surface area contributed by atoms with E-state index in [0.717, 1.165) is 6.42 Å². The van der Waals surface area contributed by atoms with E-state index in [2.05, 4.69) is 13.8 Å². The van der Waals surface area contributed by atoms with Crippen molar-refractivity contribution in [3.05, 3.63) is 0 Å². The molecule has 0 aromatic rings. The first-order valence-corrected chi connectivity index (χ1v) is 10.3. The van der Waals surface area contributed by atoms with Crippen LogP contribution in [0.2, 0.25) is 0 Å². The van der Waals surface area contributed by atoms with Crippen LogP contribution in [0.4, 0.5) is 0 Å². The Balaban J connectivity index is 2.35. The van der Waals surface area contributed by atoms with E-state index in [9.17, 15) is 4.57 Å². The van der Waals surface area contributed by atoms with E-state index in [-0.39, 0.29) is 5.41 Å². The summed E-state index contributed by atoms with van der Waals surface area (Å²) in [7, 11) is -3.28. The van der Waals surface area contributed by atoms with Gasteiger partial charge in [0.2, 0.25) is 0 Å². The van der Waals surface area contributed by atoms with Crippen molar-refractivity contribution in [2.24, 2.45) is 16.3 Å². The average molecular weight is 329 g/mol. The van der Waals surface area contributed by atoms with Crippen LogP contribution in [0.3, 0.4) is 0 Å². The molecule has 0 saturated heterocycles. The zero-order valence-electron chi connectivity index (χ0n) is 14.9. The van der Waals surface area contributed by atoms with E-state index >= 15 is 0 Å². The molecule has 0 aromatic carbocycles. The number of hydrogen-bond donors (Lipinski definition) is 0. The predicted octanol–water partition coefficient (Wildman–Crippen LogP) is 5.42. The van der Waals surface area contributed by atoms with E-state index in [1.807, 2.05) is 20.8 Å². The minimum atomic E-state index is -3.28. The maximum absolute atomic E-state index is 13.4. The van der Waals surface area contributed by atoms with Crippen LogP contribution in [0.1, 0.15) is 73.1 Å². The quantitative estimate of drug-likeness (QED) is 0.611. The lowest BCUT2D eigenvalue weighted by Crippen LogP contribution is -2.37. The molecular weight excluding hydrogens is 297 g/mol. The van der Waals surface area contributed by atoms with Crippen LogP contribution in [0, 0.1) is 11.3 Å². The lowest BCUT2D eigenvalue weighted by atomic mass is 9.78. The Labute approximate surface area is 135 Å². The predicted molar refractivity (Wildman–Crippen MR) is 91.7 cm³/mol. The van der Waals surface area contributed by atoms with Gasteiger partial charge in [-0.2, -0.15) is 0 Å². The zero-order valence-corrected chi connectivity index (χ0v) is 15.7. The first-order valence-electron chi connectivity index (χ1n) is 8.77. The minimum Gasteiger partial charge on any atom is -0.307 e. The molecule has 1 aliphatic heterocycles. The van der Waals surface area contributed by atoms with E-state index in [0.29, 0.717) is 19.1 Å². The van der Waals surface area contributed by atoms with E-state index in [1.54, 1.807) is 0 Å². The highest BCUT2D eigenvalue weighted by Gasteiger charge is 2.60. The zero-order chi connectivity index (χ0) is 16.4. The summed E-state index contributed by atoms with van der Waals surface area (Å²) in [5, 5.41) is -0.779. The number of nitrogens with zero attached hydrogens (tertiary/aromatic N) is 1. The van der Waals surface area contributed by atoms with E-state index < -0.39 is 12.9 Å². The standard InChI is InChI=1S/C17H32NO3P/c1-6-20-22(19,21-7-2)17(5)16(3,4)13-15(18-17)14-11-9-8-10-12-14/h14H,6-13H2,1-5H3. The van der Waals surface area contributed by atoms with Gasteiger partial charge < -0.3 is 9.05 Å². The molecular formula is C17H32NO3P. The summed E-state index contributed by atoms with van der Waals surface area (Å²) >= 11 is 0. The number of aliphatic imine (C=N–C) groups is 1. The van der Waals surface area contributed by atoms with E-state index in [1.165, 1.54) is 37.8 Å². The van der Waals surface area contributed by atoms with Gasteiger partial charge in [0, 0.05) is 11.1 Å². The van der Waals surface area contributed by atoms with Gasteiger partial charge in [-0.15, -0.1) is 0 Å². The molecule has 22 heavy (non-hydrogen) atoms. The van der Waals surface area contributed by atoms with Crippen LogP contribution in [0.25, 0.3) is 0 Å². The largest absolute Gasteiger partial charge is 0.358 e. The molecule has 1 fully saturated rings. The summed E-state index contributed by atoms with van der Waals surface area (Å²) in [5.74, 6) is 0.562. The van der Waals surface area contributed by atoms with Gasteiger partial charge in [-0.1, -0.05) is 33.1 Å². The molecule has 0 bridgehead atoms. The van der Waals surface area contributed by atoms with Gasteiger partial charge in [-0.05, 0) is 46.0 Å². The molecule has 1 heterocycles. The summed E-state index contributed by atoms with van der Waals surface area (Å²) in [6, 6.07) is 0. The van der Waals surface area contributed by atoms with Crippen LogP contribution >= 0.6 is 7.60 Å². The molecule has 5 heteroatoms. The van der Waals surface area contributed by atoms with Crippen molar-refractivity contribution in [1.29, 1.82) is 0 Å². The Bertz CT molecular complexity index is 459. The van der Waals surface area contributed by atoms with Crippen LogP contribution in [-0.2, 0) is 13.6 Å². The van der Waals surface area contributed by atoms with Crippen molar-refractivity contribution < 1.29 is 13.6 Å². The highest BCUT2D eigenvalue weighted by atomic mass is 31.2. The van der Waals surface area contributed by atoms with Crippen molar-refractivity contribution in [3.8, 4) is 0 Å². The molecule has 1 atom stereocenters. The summed E-state index contributed by atoms with van der Waals surface area (Å²) < 4.78 is 24.7. The molecule has 0 N–H and O–H groups in total. The molecule has 1 saturated carbocycles. The third-order valence-electron chi connectivity index (χ3n) is 5.47. The van der Waals surface area contributed by atoms with Gasteiger partial charge >= 0.3 is 7.60 Å². The Morgan fingerprint density at radius 3 is 2.14 bits per heavy atom. The first-order chi connectivity index (χ1) is 10.3. The van der Waals surface area contributed by atoms with Crippen molar-refractivity contribution in [1.82, 2.24) is 0 Å². The topological polar surface area (TPSA) is 47.9 Å². The SMILES string of the molecule is CCOP(=O)(OCC)C1(C)N=C(C2CCCCC2)CC1(C)C. The van der Waals surface area contributed by atoms with Gasteiger partial charge in [0.1, 0.15) is 0 Å². The lowest BCUT2D eigenvalue weighted by molar-refractivity contribution is 0.164. The summed E-state index contributed by atoms with van der Waals surface area (Å²) in [5.41, 5.74) is 1.03. The second kappa shape index (κ2) is 6.75. The highest BCUT2D eigenvalue weighted by Crippen LogP contribution is 2.69. The van der Waals surface area contributed by atoms with Crippen molar-refractivity contribution >= 4 is 13.3 Å². The van der Waals surface area contributed by atoms with Crippen LogP contribution < -0.4 is 0 Å². The fourth-order valence-corrected chi connectivity index (χ4v) is 6.15. The molecule has 4 nitrogen and oxygen atoms in total. The molecule has 0 spiro atoms. The second-order valence-electron chi connectivity index (χ2n) is 7.35. The van der Waals surface area contributed by atoms with Crippen molar-refractivity contribution in [2.75, 3.05) is 13.2 Å². The normalized spacial score (nSPS) is 29.6. The maximum atomic E-state index is 13.4. The lowest BCUT2D eigenvalue weighted by Gasteiger charge is -2.40. The summed E-state index contributed by atoms with van der Waals surface area (Å²) in [6.07, 6.45) is 7.25. The second-order valence-corrected chi connectivity index (χ2v) is 9.73. The Morgan fingerprint density at radius 1 is 1.09 bits per heavy atom. The molecule has 2 rings (SSSR count). The maximum Gasteiger partial charge on any atom is 0.358 e. The molecule has 0 radical (unpaired) electrons. The summed E-state index contributed by atoms with van der Waals surface area (Å²) in [6.45, 7) is 10.8. The highest BCUT2D eigenvalue weighted by molar-refractivity contribution is 7.55. The van der Waals surface area contributed by atoms with Gasteiger partial charge in [-0.3, -0.25) is 9.56 Å². The third-order valence-corrected chi connectivity index (χ3v) is 8.44. The Hall–Kier alpha value is -0.180. The Morgan fingerprint density at radius 2 is 1.64 bits per heavy atom. The monoisotopic (exact) mass is 329 g/mol. The number of hydrogen-bond acceptors (Lipinski definition) is 4. The van der Waals surface area contributed by atoms with Gasteiger partial charge in [-0.25, -0.2) is 0 Å². The van der Waals surface area contributed by atoms with Crippen LogP contribution in [0.15, 0.2) is 4.99 Å². The molecule has 128 valence electrons. The molecule has 0 amide bonds. The molecule has 2 aliphatic rings. The first kappa shape index (κ1) is 18.2. The molecule has 0 aromatic heterocycles.